The highest BCUT2D eigenvalue weighted by Crippen LogP contribution is 2.19. The maximum atomic E-state index is 12.5. The zero-order chi connectivity index (χ0) is 20.3. The van der Waals surface area contributed by atoms with Crippen molar-refractivity contribution < 1.29 is 14.4 Å². The number of benzene rings is 1. The van der Waals surface area contributed by atoms with E-state index in [1.165, 1.54) is 0 Å². The lowest BCUT2D eigenvalue weighted by molar-refractivity contribution is 0.160. The highest BCUT2D eigenvalue weighted by molar-refractivity contribution is 5.94. The number of nitrogens with zero attached hydrogens (tertiary/aromatic N) is 4. The summed E-state index contributed by atoms with van der Waals surface area (Å²) in [6.07, 6.45) is 8.08. The standard InChI is InChI=1S/C22H28N4O3/c1-2-29-24-18-19-6-8-21(9-7-19)28-17-5-3-4-14-25-15-16-26(22(25)27)20-10-12-23-13-11-20/h6-13,18H,2-5,14-17H2,1H3/b24-18-. The summed E-state index contributed by atoms with van der Waals surface area (Å²) in [5.74, 6) is 0.848. The van der Waals surface area contributed by atoms with Crippen LogP contribution in [0.3, 0.4) is 0 Å². The Morgan fingerprint density at radius 2 is 1.86 bits per heavy atom. The topological polar surface area (TPSA) is 67.3 Å². The first-order chi connectivity index (χ1) is 14.3. The average molecular weight is 396 g/mol. The van der Waals surface area contributed by atoms with E-state index in [1.54, 1.807) is 18.6 Å². The largest absolute Gasteiger partial charge is 0.494 e. The van der Waals surface area contributed by atoms with E-state index in [2.05, 4.69) is 10.1 Å². The lowest BCUT2D eigenvalue weighted by Gasteiger charge is -2.18. The number of aromatic nitrogens is 1. The van der Waals surface area contributed by atoms with E-state index in [1.807, 2.05) is 53.1 Å². The zero-order valence-corrected chi connectivity index (χ0v) is 16.9. The Bertz CT molecular complexity index is 780. The number of oxime groups is 1. The molecule has 0 bridgehead atoms. The number of carbonyl (C=O) groups is 1. The molecule has 1 saturated heterocycles. The number of unbranched alkanes of at least 4 members (excludes halogenated alkanes) is 2. The molecule has 2 heterocycles. The molecule has 3 rings (SSSR count). The maximum Gasteiger partial charge on any atom is 0.324 e. The smallest absolute Gasteiger partial charge is 0.324 e. The van der Waals surface area contributed by atoms with Crippen LogP contribution in [0, 0.1) is 0 Å². The van der Waals surface area contributed by atoms with Crippen LogP contribution in [0.5, 0.6) is 5.75 Å². The fraction of sp³-hybridized carbons (Fsp3) is 0.409. The number of pyridine rings is 1. The van der Waals surface area contributed by atoms with Gasteiger partial charge in [0, 0.05) is 37.7 Å². The van der Waals surface area contributed by atoms with Gasteiger partial charge in [-0.15, -0.1) is 0 Å². The molecule has 7 nitrogen and oxygen atoms in total. The summed E-state index contributed by atoms with van der Waals surface area (Å²) in [7, 11) is 0. The van der Waals surface area contributed by atoms with Gasteiger partial charge in [-0.1, -0.05) is 5.16 Å². The monoisotopic (exact) mass is 396 g/mol. The van der Waals surface area contributed by atoms with E-state index in [-0.39, 0.29) is 6.03 Å². The van der Waals surface area contributed by atoms with Gasteiger partial charge < -0.3 is 14.5 Å². The Balaban J connectivity index is 1.30. The summed E-state index contributed by atoms with van der Waals surface area (Å²) in [5, 5.41) is 3.85. The number of ether oxygens (including phenoxy) is 1. The Kier molecular flexibility index (Phi) is 7.86. The summed E-state index contributed by atoms with van der Waals surface area (Å²) in [4.78, 5) is 25.2. The minimum absolute atomic E-state index is 0.0837. The van der Waals surface area contributed by atoms with Gasteiger partial charge in [0.1, 0.15) is 12.4 Å². The summed E-state index contributed by atoms with van der Waals surface area (Å²) in [6.45, 7) is 5.42. The van der Waals surface area contributed by atoms with Gasteiger partial charge in [-0.25, -0.2) is 4.79 Å². The van der Waals surface area contributed by atoms with E-state index in [0.29, 0.717) is 13.2 Å². The normalized spacial score (nSPS) is 14.0. The van der Waals surface area contributed by atoms with Crippen LogP contribution in [0.25, 0.3) is 0 Å². The molecule has 0 unspecified atom stereocenters. The van der Waals surface area contributed by atoms with Crippen molar-refractivity contribution in [2.45, 2.75) is 26.2 Å². The molecule has 29 heavy (non-hydrogen) atoms. The Morgan fingerprint density at radius 1 is 1.07 bits per heavy atom. The highest BCUT2D eigenvalue weighted by atomic mass is 16.6. The molecule has 2 aromatic rings. The van der Waals surface area contributed by atoms with Crippen LogP contribution >= 0.6 is 0 Å². The number of amides is 2. The Labute approximate surface area is 171 Å². The van der Waals surface area contributed by atoms with Gasteiger partial charge in [0.05, 0.1) is 12.8 Å². The number of anilines is 1. The first-order valence-electron chi connectivity index (χ1n) is 10.1. The predicted molar refractivity (Wildman–Crippen MR) is 114 cm³/mol. The molecule has 0 aliphatic carbocycles. The molecule has 154 valence electrons. The number of urea groups is 1. The van der Waals surface area contributed by atoms with Crippen LogP contribution in [0.2, 0.25) is 0 Å². The third-order valence-electron chi connectivity index (χ3n) is 4.70. The van der Waals surface area contributed by atoms with Crippen LogP contribution in [0.1, 0.15) is 31.7 Å². The Morgan fingerprint density at radius 3 is 2.62 bits per heavy atom. The van der Waals surface area contributed by atoms with Crippen molar-refractivity contribution in [1.82, 2.24) is 9.88 Å². The molecule has 1 aromatic carbocycles. The molecule has 1 fully saturated rings. The number of hydrogen-bond donors (Lipinski definition) is 0. The second-order valence-electron chi connectivity index (χ2n) is 6.76. The maximum absolute atomic E-state index is 12.5. The minimum atomic E-state index is 0.0837. The van der Waals surface area contributed by atoms with Crippen molar-refractivity contribution in [2.75, 3.05) is 37.7 Å². The molecular weight excluding hydrogens is 368 g/mol. The van der Waals surface area contributed by atoms with Crippen molar-refractivity contribution >= 4 is 17.9 Å². The zero-order valence-electron chi connectivity index (χ0n) is 16.9. The average Bonchev–Trinajstić information content (AvgIpc) is 3.13. The van der Waals surface area contributed by atoms with Crippen molar-refractivity contribution in [3.05, 3.63) is 54.4 Å². The second kappa shape index (κ2) is 11.0. The van der Waals surface area contributed by atoms with Gasteiger partial charge in [-0.3, -0.25) is 9.88 Å². The molecule has 0 saturated carbocycles. The van der Waals surface area contributed by atoms with E-state index >= 15 is 0 Å². The predicted octanol–water partition coefficient (Wildman–Crippen LogP) is 3.94. The fourth-order valence-electron chi connectivity index (χ4n) is 3.15. The number of hydrogen-bond acceptors (Lipinski definition) is 5. The summed E-state index contributed by atoms with van der Waals surface area (Å²) in [6, 6.07) is 11.6. The fourth-order valence-corrected chi connectivity index (χ4v) is 3.15. The Hall–Kier alpha value is -3.09. The molecule has 0 spiro atoms. The van der Waals surface area contributed by atoms with Crippen LogP contribution in [0.4, 0.5) is 10.5 Å². The summed E-state index contributed by atoms with van der Waals surface area (Å²) < 4.78 is 5.78. The van der Waals surface area contributed by atoms with Gasteiger partial charge in [-0.2, -0.15) is 0 Å². The van der Waals surface area contributed by atoms with Gasteiger partial charge in [-0.05, 0) is 68.1 Å². The highest BCUT2D eigenvalue weighted by Gasteiger charge is 2.28. The molecule has 0 N–H and O–H groups in total. The number of carbonyl (C=O) groups excluding carboxylic acids is 1. The molecule has 0 radical (unpaired) electrons. The van der Waals surface area contributed by atoms with Crippen LogP contribution in [0.15, 0.2) is 53.9 Å². The van der Waals surface area contributed by atoms with Crippen molar-refractivity contribution in [1.29, 1.82) is 0 Å². The van der Waals surface area contributed by atoms with Gasteiger partial charge in [0.25, 0.3) is 0 Å². The van der Waals surface area contributed by atoms with E-state index in [0.717, 1.165) is 55.9 Å². The molecule has 1 aliphatic heterocycles. The first-order valence-corrected chi connectivity index (χ1v) is 10.1. The van der Waals surface area contributed by atoms with E-state index in [9.17, 15) is 4.79 Å². The second-order valence-corrected chi connectivity index (χ2v) is 6.76. The summed E-state index contributed by atoms with van der Waals surface area (Å²) >= 11 is 0. The lowest BCUT2D eigenvalue weighted by Crippen LogP contribution is -2.32. The molecular formula is C22H28N4O3. The van der Waals surface area contributed by atoms with Crippen molar-refractivity contribution in [3.63, 3.8) is 0 Å². The van der Waals surface area contributed by atoms with Crippen LogP contribution < -0.4 is 9.64 Å². The van der Waals surface area contributed by atoms with Gasteiger partial charge >= 0.3 is 6.03 Å². The molecule has 1 aromatic heterocycles. The molecule has 0 atom stereocenters. The van der Waals surface area contributed by atoms with E-state index < -0.39 is 0 Å². The minimum Gasteiger partial charge on any atom is -0.494 e. The molecule has 2 amide bonds. The van der Waals surface area contributed by atoms with Crippen molar-refractivity contribution in [2.24, 2.45) is 5.16 Å². The lowest BCUT2D eigenvalue weighted by atomic mass is 10.2. The van der Waals surface area contributed by atoms with Gasteiger partial charge in [0.2, 0.25) is 0 Å². The molecule has 7 heteroatoms. The van der Waals surface area contributed by atoms with Crippen LogP contribution in [-0.4, -0.2) is 55.0 Å². The summed E-state index contributed by atoms with van der Waals surface area (Å²) in [5.41, 5.74) is 1.89. The first kappa shape index (κ1) is 20.6. The molecule has 1 aliphatic rings. The van der Waals surface area contributed by atoms with Gasteiger partial charge in [0.15, 0.2) is 0 Å². The van der Waals surface area contributed by atoms with Crippen LogP contribution in [-0.2, 0) is 4.84 Å². The number of rotatable bonds is 11. The third kappa shape index (κ3) is 6.20. The van der Waals surface area contributed by atoms with Crippen molar-refractivity contribution in [3.8, 4) is 5.75 Å². The van der Waals surface area contributed by atoms with E-state index in [4.69, 9.17) is 9.57 Å². The SMILES string of the molecule is CCO/N=C\c1ccc(OCCCCCN2CCN(c3ccncc3)C2=O)cc1. The third-order valence-corrected chi connectivity index (χ3v) is 4.70. The quantitative estimate of drug-likeness (QED) is 0.328.